The second-order valence-electron chi connectivity index (χ2n) is 34.5. The molecule has 0 saturated heterocycles. The van der Waals surface area contributed by atoms with Gasteiger partial charge in [-0.1, -0.05) is 153 Å². The molecule has 14 aromatic carbocycles. The van der Waals surface area contributed by atoms with Gasteiger partial charge in [0.2, 0.25) is 0 Å². The van der Waals surface area contributed by atoms with Crippen molar-refractivity contribution in [3.63, 3.8) is 0 Å². The van der Waals surface area contributed by atoms with Crippen LogP contribution in [-0.4, -0.2) is 0 Å². The van der Waals surface area contributed by atoms with Crippen molar-refractivity contribution >= 4 is 156 Å². The Morgan fingerprint density at radius 1 is 0.150 bits per heavy atom. The normalized spacial score (nSPS) is 13.9. The molecule has 8 aliphatic carbocycles. The van der Waals surface area contributed by atoms with Crippen LogP contribution in [0.25, 0.3) is 156 Å². The van der Waals surface area contributed by atoms with Crippen LogP contribution >= 0.6 is 0 Å². The lowest BCUT2D eigenvalue weighted by atomic mass is 9.88. The minimum atomic E-state index is 1.02. The molecule has 22 rings (SSSR count). The molecule has 0 aliphatic heterocycles. The lowest BCUT2D eigenvalue weighted by molar-refractivity contribution is 1.20. The van der Waals surface area contributed by atoms with Crippen LogP contribution in [0.4, 0.5) is 0 Å². The molecule has 0 saturated carbocycles. The first-order valence-corrected chi connectivity index (χ1v) is 42.3. The Morgan fingerprint density at radius 3 is 0.433 bits per heavy atom. The largest absolute Gasteiger partial charge is 0.101 e. The second kappa shape index (κ2) is 30.2. The van der Waals surface area contributed by atoms with Gasteiger partial charge in [0.25, 0.3) is 0 Å². The Bertz CT molecular complexity index is 7870. The van der Waals surface area contributed by atoms with Crippen molar-refractivity contribution < 1.29 is 0 Å². The number of hydrogen-bond acceptors (Lipinski definition) is 0. The zero-order valence-corrected chi connectivity index (χ0v) is 71.8. The van der Waals surface area contributed by atoms with Crippen LogP contribution in [0, 0.1) is 94.7 Å². The first kappa shape index (κ1) is 76.1. The second-order valence-corrected chi connectivity index (χ2v) is 34.5. The molecule has 0 amide bonds. The summed E-state index contributed by atoms with van der Waals surface area (Å²) in [5.41, 5.74) is 42.3. The summed E-state index contributed by atoms with van der Waals surface area (Å²) in [5, 5.41) is 24.7. The van der Waals surface area contributed by atoms with E-state index in [2.05, 4.69) is 320 Å². The van der Waals surface area contributed by atoms with Gasteiger partial charge in [0.05, 0.1) is 0 Å². The van der Waals surface area contributed by atoms with Crippen LogP contribution in [0.5, 0.6) is 0 Å². The van der Waals surface area contributed by atoms with Crippen molar-refractivity contribution in [2.45, 2.75) is 162 Å². The number of allylic oxidation sites excluding steroid dienone is 8. The van der Waals surface area contributed by atoms with Crippen molar-refractivity contribution in [1.82, 2.24) is 0 Å². The van der Waals surface area contributed by atoms with Crippen molar-refractivity contribution in [2.75, 3.05) is 0 Å². The summed E-state index contributed by atoms with van der Waals surface area (Å²) in [7, 11) is 0. The number of fused-ring (bicyclic) bond motifs is 18. The van der Waals surface area contributed by atoms with Crippen molar-refractivity contribution in [1.29, 1.82) is 0 Å². The summed E-state index contributed by atoms with van der Waals surface area (Å²) >= 11 is 0. The minimum Gasteiger partial charge on any atom is -0.101 e. The summed E-state index contributed by atoms with van der Waals surface area (Å²) in [6, 6.07) is 46.9. The van der Waals surface area contributed by atoms with Crippen LogP contribution in [0.2, 0.25) is 0 Å². The van der Waals surface area contributed by atoms with Gasteiger partial charge in [0.1, 0.15) is 0 Å². The smallest absolute Gasteiger partial charge is 0.0403 e. The Balaban J connectivity index is 0.000000106. The summed E-state index contributed by atoms with van der Waals surface area (Å²) < 4.78 is 0. The lowest BCUT2D eigenvalue weighted by Crippen LogP contribution is -1.95. The van der Waals surface area contributed by atoms with E-state index in [1.165, 1.54) is 241 Å². The predicted octanol–water partition coefficient (Wildman–Crippen LogP) is 28.9. The van der Waals surface area contributed by atoms with Gasteiger partial charge in [-0.3, -0.25) is 0 Å². The topological polar surface area (TPSA) is 0 Å². The molecule has 0 nitrogen and oxygen atoms in total. The summed E-state index contributed by atoms with van der Waals surface area (Å²) in [6.07, 6.45) is 26.8. The van der Waals surface area contributed by atoms with E-state index in [0.717, 1.165) is 95.9 Å². The molecule has 0 atom stereocenters. The molecule has 0 fully saturated rings. The van der Waals surface area contributed by atoms with Gasteiger partial charge >= 0.3 is 0 Å². The Labute approximate surface area is 707 Å². The van der Waals surface area contributed by atoms with Crippen molar-refractivity contribution in [3.8, 4) is 94.7 Å². The molecular weight excluding hydrogens is 1440 g/mol. The maximum Gasteiger partial charge on any atom is 0.0403 e. The molecule has 0 heterocycles. The number of hydrogen-bond donors (Lipinski definition) is 0. The average molecular weight is 1530 g/mol. The number of benzene rings is 14. The molecule has 0 radical (unpaired) electrons. The van der Waals surface area contributed by atoms with Crippen LogP contribution in [-0.2, 0) is 51.4 Å². The quantitative estimate of drug-likeness (QED) is 0.105. The molecule has 0 aromatic heterocycles. The van der Waals surface area contributed by atoms with Gasteiger partial charge in [-0.25, -0.2) is 0 Å². The molecule has 8 aliphatic rings. The molecule has 0 bridgehead atoms. The summed E-state index contributed by atoms with van der Waals surface area (Å²) in [5.74, 6) is 52.9. The third-order valence-corrected chi connectivity index (χ3v) is 25.4. The Kier molecular flexibility index (Phi) is 19.2. The predicted molar refractivity (Wildman–Crippen MR) is 520 cm³/mol. The van der Waals surface area contributed by atoms with Gasteiger partial charge < -0.3 is 0 Å². The third-order valence-electron chi connectivity index (χ3n) is 25.4. The van der Waals surface area contributed by atoms with Crippen molar-refractivity contribution in [3.05, 3.63) is 299 Å². The van der Waals surface area contributed by atoms with Crippen LogP contribution in [0.3, 0.4) is 0 Å². The summed E-state index contributed by atoms with van der Waals surface area (Å²) in [4.78, 5) is 0. The molecule has 0 unspecified atom stereocenters. The highest BCUT2D eigenvalue weighted by atomic mass is 14.3. The molecule has 120 heavy (non-hydrogen) atoms. The van der Waals surface area contributed by atoms with E-state index in [1.807, 2.05) is 55.4 Å². The van der Waals surface area contributed by atoms with Crippen molar-refractivity contribution in [2.24, 2.45) is 0 Å². The lowest BCUT2D eigenvalue weighted by Gasteiger charge is -2.15. The molecule has 0 N–H and O–H groups in total. The number of rotatable bonds is 0. The first-order chi connectivity index (χ1) is 58.3. The Hall–Kier alpha value is -13.9. The molecule has 0 spiro atoms. The zero-order valence-electron chi connectivity index (χ0n) is 71.8. The van der Waals surface area contributed by atoms with E-state index in [9.17, 15) is 0 Å². The highest BCUT2D eigenvalue weighted by molar-refractivity contribution is 6.18. The molecule has 0 heteroatoms. The maximum atomic E-state index is 3.46. The van der Waals surface area contributed by atoms with E-state index in [-0.39, 0.29) is 0 Å². The van der Waals surface area contributed by atoms with Gasteiger partial charge in [0, 0.05) is 44.5 Å². The summed E-state index contributed by atoms with van der Waals surface area (Å²) in [6.45, 7) is 33.1. The SMILES string of the molecule is CC#Cc1c2cc3c(cc2c(C#CC)c2cc4c(cc12)C=C(C)C4)CC(C)=C3.CC#Cc1c2cc3c(cc2c(C#CC)c2cc4c(cc12)CC(C)=C4)CC(C)=C3.CC#Cc1c2cc3c(cc2c(C#CC)c2cc4cc5c(cc4cc12)C=C(C)C5)CC(C)=C3.CC#Cc1c2cc3c(cc2c(C#CC)c2cc4cc5c(cc4cc12)CC(C)=C5)CC(C)=C3. The maximum absolute atomic E-state index is 3.46. The highest BCUT2D eigenvalue weighted by Gasteiger charge is 2.27. The average Bonchev–Trinajstić information content (AvgIpc) is 1.25. The van der Waals surface area contributed by atoms with E-state index in [1.54, 1.807) is 0 Å². The van der Waals surface area contributed by atoms with Gasteiger partial charge in [-0.05, 0) is 468 Å². The first-order valence-electron chi connectivity index (χ1n) is 42.3. The van der Waals surface area contributed by atoms with Crippen LogP contribution < -0.4 is 0 Å². The standard InChI is InChI=1S/2C32H24.2C28H22/c2*1-5-7-27-29-15-23-11-20(4)12-24(23)16-30(29)28(8-6-2)32-18-26-14-22-10-19(3)9-21(22)13-25(26)17-31(27)32;2*1-5-7-23-25-13-19-9-17(3)11-21(19)15-27(25)24(8-6-2)28-16-22-12-18(4)10-20(22)14-26(23)28/h9,12-18H,10-11H2,1-4H3;9,11,13-18H,10,12H2,1-4H3;9,12-16H,10-11H2,1-4H3;9-10,13-16H,11-12H2,1-4H3. The molecule has 572 valence electrons. The minimum absolute atomic E-state index is 1.02. The van der Waals surface area contributed by atoms with E-state index in [0.29, 0.717) is 0 Å². The fraction of sp³-hybridized carbons (Fsp3) is 0.200. The monoisotopic (exact) mass is 1530 g/mol. The molecule has 14 aromatic rings. The third kappa shape index (κ3) is 13.1. The van der Waals surface area contributed by atoms with Crippen LogP contribution in [0.15, 0.2) is 166 Å². The highest BCUT2D eigenvalue weighted by Crippen LogP contribution is 2.47. The Morgan fingerprint density at radius 2 is 0.275 bits per heavy atom. The van der Waals surface area contributed by atoms with E-state index < -0.39 is 0 Å². The van der Waals surface area contributed by atoms with Gasteiger partial charge in [-0.2, -0.15) is 0 Å². The van der Waals surface area contributed by atoms with E-state index >= 15 is 0 Å². The van der Waals surface area contributed by atoms with E-state index in [4.69, 9.17) is 0 Å². The van der Waals surface area contributed by atoms with Gasteiger partial charge in [0.15, 0.2) is 0 Å². The van der Waals surface area contributed by atoms with Gasteiger partial charge in [-0.15, -0.1) is 47.4 Å². The fourth-order valence-electron chi connectivity index (χ4n) is 20.6. The molecular formula is C120H92. The zero-order chi connectivity index (χ0) is 82.8. The van der Waals surface area contributed by atoms with Crippen LogP contribution in [0.1, 0.15) is 244 Å². The fourth-order valence-corrected chi connectivity index (χ4v) is 20.6.